The summed E-state index contributed by atoms with van der Waals surface area (Å²) in [4.78, 5) is 0. The fraction of sp³-hybridized carbons (Fsp3) is 0.571. The molecule has 0 fully saturated rings. The van der Waals surface area contributed by atoms with E-state index in [-0.39, 0.29) is 5.60 Å². The van der Waals surface area contributed by atoms with Crippen molar-refractivity contribution in [2.45, 2.75) is 39.0 Å². The third-order valence-electron chi connectivity index (χ3n) is 2.26. The number of aliphatic hydroxyl groups is 1. The molecule has 2 N–H and O–H groups in total. The molecule has 0 saturated heterocycles. The first-order valence-corrected chi connectivity index (χ1v) is 6.04. The van der Waals surface area contributed by atoms with Gasteiger partial charge in [0.05, 0.1) is 18.3 Å². The Morgan fingerprint density at radius 2 is 1.88 bits per heavy atom. The van der Waals surface area contributed by atoms with E-state index < -0.39 is 6.10 Å². The Morgan fingerprint density at radius 1 is 1.24 bits per heavy atom. The van der Waals surface area contributed by atoms with Crippen molar-refractivity contribution in [3.8, 4) is 0 Å². The topological polar surface area (TPSA) is 41.5 Å². The van der Waals surface area contributed by atoms with Gasteiger partial charge in [-0.1, -0.05) is 30.3 Å². The van der Waals surface area contributed by atoms with Crippen LogP contribution in [0.4, 0.5) is 0 Å². The van der Waals surface area contributed by atoms with Gasteiger partial charge in [-0.15, -0.1) is 0 Å². The first kappa shape index (κ1) is 14.2. The summed E-state index contributed by atoms with van der Waals surface area (Å²) in [5.74, 6) is 0. The highest BCUT2D eigenvalue weighted by molar-refractivity contribution is 5.14. The van der Waals surface area contributed by atoms with Crippen LogP contribution in [-0.4, -0.2) is 30.0 Å². The van der Waals surface area contributed by atoms with Crippen LogP contribution in [0.1, 0.15) is 26.3 Å². The normalized spacial score (nSPS) is 13.6. The van der Waals surface area contributed by atoms with E-state index in [0.29, 0.717) is 13.2 Å². The Kier molecular flexibility index (Phi) is 5.62. The summed E-state index contributed by atoms with van der Waals surface area (Å²) < 4.78 is 5.50. The highest BCUT2D eigenvalue weighted by Crippen LogP contribution is 2.06. The summed E-state index contributed by atoms with van der Waals surface area (Å²) in [5.41, 5.74) is 1.02. The lowest BCUT2D eigenvalue weighted by atomic mass is 10.2. The van der Waals surface area contributed by atoms with Gasteiger partial charge in [-0.25, -0.2) is 0 Å². The molecule has 0 amide bonds. The van der Waals surface area contributed by atoms with Crippen molar-refractivity contribution >= 4 is 0 Å². The van der Waals surface area contributed by atoms with Crippen molar-refractivity contribution in [2.75, 3.05) is 13.2 Å². The molecule has 96 valence electrons. The van der Waals surface area contributed by atoms with Gasteiger partial charge in [0, 0.05) is 13.1 Å². The summed E-state index contributed by atoms with van der Waals surface area (Å²) >= 11 is 0. The summed E-state index contributed by atoms with van der Waals surface area (Å²) in [5, 5.41) is 12.9. The molecule has 0 heterocycles. The first-order chi connectivity index (χ1) is 7.97. The molecule has 0 saturated carbocycles. The van der Waals surface area contributed by atoms with E-state index in [0.717, 1.165) is 6.54 Å². The predicted octanol–water partition coefficient (Wildman–Crippen LogP) is 1.95. The number of rotatable bonds is 6. The maximum Gasteiger partial charge on any atom is 0.0898 e. The molecule has 0 aliphatic carbocycles. The van der Waals surface area contributed by atoms with Gasteiger partial charge in [-0.05, 0) is 26.3 Å². The summed E-state index contributed by atoms with van der Waals surface area (Å²) in [6, 6.07) is 10.1. The van der Waals surface area contributed by atoms with Gasteiger partial charge >= 0.3 is 0 Å². The molecule has 1 rings (SSSR count). The van der Waals surface area contributed by atoms with Crippen LogP contribution in [-0.2, 0) is 11.3 Å². The number of hydrogen-bond donors (Lipinski definition) is 2. The Labute approximate surface area is 104 Å². The minimum atomic E-state index is -0.460. The van der Waals surface area contributed by atoms with E-state index >= 15 is 0 Å². The molecule has 1 aromatic carbocycles. The Balaban J connectivity index is 2.14. The smallest absolute Gasteiger partial charge is 0.0898 e. The van der Waals surface area contributed by atoms with E-state index in [1.165, 1.54) is 5.56 Å². The first-order valence-electron chi connectivity index (χ1n) is 6.04. The zero-order valence-corrected chi connectivity index (χ0v) is 10.9. The van der Waals surface area contributed by atoms with Crippen LogP contribution in [0.5, 0.6) is 0 Å². The molecular weight excluding hydrogens is 214 g/mol. The van der Waals surface area contributed by atoms with Crippen LogP contribution in [0.3, 0.4) is 0 Å². The summed E-state index contributed by atoms with van der Waals surface area (Å²) in [7, 11) is 0. The molecule has 0 aliphatic heterocycles. The molecule has 1 aromatic rings. The molecule has 0 bridgehead atoms. The van der Waals surface area contributed by atoms with E-state index in [1.54, 1.807) is 0 Å². The molecule has 1 atom stereocenters. The molecule has 0 radical (unpaired) electrons. The number of aliphatic hydroxyl groups excluding tert-OH is 1. The quantitative estimate of drug-likeness (QED) is 0.794. The van der Waals surface area contributed by atoms with Crippen molar-refractivity contribution in [3.05, 3.63) is 35.9 Å². The van der Waals surface area contributed by atoms with E-state index in [1.807, 2.05) is 39.0 Å². The van der Waals surface area contributed by atoms with Crippen LogP contribution in [0, 0.1) is 0 Å². The number of benzene rings is 1. The maximum absolute atomic E-state index is 9.70. The van der Waals surface area contributed by atoms with Crippen LogP contribution < -0.4 is 5.32 Å². The Bertz CT molecular complexity index is 306. The second kappa shape index (κ2) is 6.74. The highest BCUT2D eigenvalue weighted by Gasteiger charge is 2.13. The van der Waals surface area contributed by atoms with Gasteiger partial charge in [0.25, 0.3) is 0 Å². The number of hydrogen-bond acceptors (Lipinski definition) is 3. The van der Waals surface area contributed by atoms with Crippen LogP contribution in [0.25, 0.3) is 0 Å². The van der Waals surface area contributed by atoms with E-state index in [2.05, 4.69) is 17.4 Å². The average Bonchev–Trinajstić information content (AvgIpc) is 2.27. The summed E-state index contributed by atoms with van der Waals surface area (Å²) in [6.07, 6.45) is -0.460. The molecule has 3 heteroatoms. The third-order valence-corrected chi connectivity index (χ3v) is 2.26. The fourth-order valence-electron chi connectivity index (χ4n) is 1.38. The van der Waals surface area contributed by atoms with Gasteiger partial charge in [0.15, 0.2) is 0 Å². The lowest BCUT2D eigenvalue weighted by molar-refractivity contribution is -0.0479. The lowest BCUT2D eigenvalue weighted by Crippen LogP contribution is -2.33. The van der Waals surface area contributed by atoms with Gasteiger partial charge in [0.1, 0.15) is 0 Å². The molecule has 0 spiro atoms. The van der Waals surface area contributed by atoms with Crippen LogP contribution in [0.15, 0.2) is 30.3 Å². The van der Waals surface area contributed by atoms with Gasteiger partial charge < -0.3 is 15.2 Å². The maximum atomic E-state index is 9.70. The SMILES string of the molecule is CC(C)(C)OC[C@@H](O)CNCc1ccccc1. The van der Waals surface area contributed by atoms with Crippen molar-refractivity contribution in [1.82, 2.24) is 5.32 Å². The van der Waals surface area contributed by atoms with Crippen LogP contribution >= 0.6 is 0 Å². The minimum Gasteiger partial charge on any atom is -0.389 e. The molecule has 0 aliphatic rings. The highest BCUT2D eigenvalue weighted by atomic mass is 16.5. The average molecular weight is 237 g/mol. The third kappa shape index (κ3) is 7.10. The Hall–Kier alpha value is -0.900. The van der Waals surface area contributed by atoms with Gasteiger partial charge in [-0.2, -0.15) is 0 Å². The molecule has 0 aromatic heterocycles. The molecule has 3 nitrogen and oxygen atoms in total. The van der Waals surface area contributed by atoms with E-state index in [9.17, 15) is 5.11 Å². The predicted molar refractivity (Wildman–Crippen MR) is 69.9 cm³/mol. The van der Waals surface area contributed by atoms with Gasteiger partial charge in [0.2, 0.25) is 0 Å². The van der Waals surface area contributed by atoms with E-state index in [4.69, 9.17) is 4.74 Å². The van der Waals surface area contributed by atoms with Crippen molar-refractivity contribution in [1.29, 1.82) is 0 Å². The number of nitrogens with one attached hydrogen (secondary N) is 1. The molecular formula is C14H23NO2. The second-order valence-corrected chi connectivity index (χ2v) is 5.19. The molecule has 0 unspecified atom stereocenters. The zero-order valence-electron chi connectivity index (χ0n) is 10.9. The van der Waals surface area contributed by atoms with Crippen molar-refractivity contribution in [2.24, 2.45) is 0 Å². The molecule has 17 heavy (non-hydrogen) atoms. The standard InChI is InChI=1S/C14H23NO2/c1-14(2,3)17-11-13(16)10-15-9-12-7-5-4-6-8-12/h4-8,13,15-16H,9-11H2,1-3H3/t13-/m0/s1. The largest absolute Gasteiger partial charge is 0.389 e. The minimum absolute atomic E-state index is 0.194. The second-order valence-electron chi connectivity index (χ2n) is 5.19. The Morgan fingerprint density at radius 3 is 2.47 bits per heavy atom. The fourth-order valence-corrected chi connectivity index (χ4v) is 1.38. The zero-order chi connectivity index (χ0) is 12.7. The van der Waals surface area contributed by atoms with Crippen LogP contribution in [0.2, 0.25) is 0 Å². The van der Waals surface area contributed by atoms with Crippen molar-refractivity contribution in [3.63, 3.8) is 0 Å². The summed E-state index contributed by atoms with van der Waals surface area (Å²) in [6.45, 7) is 7.63. The lowest BCUT2D eigenvalue weighted by Gasteiger charge is -2.22. The monoisotopic (exact) mass is 237 g/mol. The van der Waals surface area contributed by atoms with Gasteiger partial charge in [-0.3, -0.25) is 0 Å². The number of ether oxygens (including phenoxy) is 1. The van der Waals surface area contributed by atoms with Crippen molar-refractivity contribution < 1.29 is 9.84 Å².